The van der Waals surface area contributed by atoms with Crippen molar-refractivity contribution in [2.24, 2.45) is 10.2 Å². The Morgan fingerprint density at radius 2 is 1.38 bits per heavy atom. The fraction of sp³-hybridized carbons (Fsp3) is 0. The summed E-state index contributed by atoms with van der Waals surface area (Å²) >= 11 is 0. The van der Waals surface area contributed by atoms with Crippen LogP contribution in [0.5, 0.6) is 0 Å². The van der Waals surface area contributed by atoms with Crippen LogP contribution in [0.25, 0.3) is 5.76 Å². The maximum Gasteiger partial charge on any atom is 0.335 e. The van der Waals surface area contributed by atoms with Crippen LogP contribution in [0.4, 0.5) is 11.4 Å². The molecule has 3 aromatic rings. The van der Waals surface area contributed by atoms with Crippen molar-refractivity contribution in [1.29, 1.82) is 0 Å². The number of aliphatic hydroxyl groups excluding tert-OH is 1. The van der Waals surface area contributed by atoms with Crippen molar-refractivity contribution in [2.45, 2.75) is 0 Å². The molecule has 3 aromatic carbocycles. The van der Waals surface area contributed by atoms with E-state index in [0.717, 1.165) is 0 Å². The number of rotatable bonds is 6. The Hall–Kier alpha value is -4.26. The largest absolute Gasteiger partial charge is 0.505 e. The maximum atomic E-state index is 12.7. The Bertz CT molecular complexity index is 1080. The predicted octanol–water partition coefficient (Wildman–Crippen LogP) is 5.03. The van der Waals surface area contributed by atoms with Crippen molar-refractivity contribution in [3.05, 3.63) is 102 Å². The molecule has 3 rings (SSSR count). The molecule has 29 heavy (non-hydrogen) atoms. The lowest BCUT2D eigenvalue weighted by atomic mass is 10.1. The van der Waals surface area contributed by atoms with Crippen LogP contribution < -0.4 is 5.32 Å². The monoisotopic (exact) mass is 387 g/mol. The molecule has 0 radical (unpaired) electrons. The van der Waals surface area contributed by atoms with E-state index in [-0.39, 0.29) is 22.7 Å². The molecule has 0 spiro atoms. The molecular weight excluding hydrogens is 370 g/mol. The Morgan fingerprint density at radius 3 is 2.03 bits per heavy atom. The summed E-state index contributed by atoms with van der Waals surface area (Å²) in [5, 5.41) is 30.2. The lowest BCUT2D eigenvalue weighted by Gasteiger charge is -2.08. The number of benzene rings is 3. The first-order chi connectivity index (χ1) is 14.0. The lowest BCUT2D eigenvalue weighted by Crippen LogP contribution is -2.14. The van der Waals surface area contributed by atoms with Crippen molar-refractivity contribution in [1.82, 2.24) is 0 Å². The van der Waals surface area contributed by atoms with Crippen molar-refractivity contribution < 1.29 is 19.8 Å². The Balaban J connectivity index is 1.98. The first-order valence-corrected chi connectivity index (χ1v) is 8.65. The van der Waals surface area contributed by atoms with Crippen molar-refractivity contribution in [3.8, 4) is 0 Å². The standard InChI is InChI=1S/C22H17N3O4/c26-20(15-8-3-1-4-9-15)19(21(27)23-17-11-5-2-6-12-17)25-24-18-13-7-10-16(14-18)22(28)29/h1-14,26H,(H,23,27)(H,28,29). The van der Waals surface area contributed by atoms with Gasteiger partial charge in [0.25, 0.3) is 5.91 Å². The van der Waals surface area contributed by atoms with Gasteiger partial charge in [-0.15, -0.1) is 5.11 Å². The molecule has 0 unspecified atom stereocenters. The van der Waals surface area contributed by atoms with Gasteiger partial charge in [-0.1, -0.05) is 54.6 Å². The number of aliphatic hydroxyl groups is 1. The second kappa shape index (κ2) is 9.09. The number of hydrogen-bond donors (Lipinski definition) is 3. The van der Waals surface area contributed by atoms with Crippen LogP contribution in [0.3, 0.4) is 0 Å². The van der Waals surface area contributed by atoms with Crippen LogP contribution in [-0.4, -0.2) is 22.1 Å². The van der Waals surface area contributed by atoms with Crippen molar-refractivity contribution >= 4 is 29.0 Å². The SMILES string of the molecule is O=C(Nc1ccccc1)C(N=Nc1cccc(C(=O)O)c1)=C(O)c1ccccc1. The molecule has 3 N–H and O–H groups in total. The van der Waals surface area contributed by atoms with E-state index < -0.39 is 11.9 Å². The van der Waals surface area contributed by atoms with E-state index in [1.807, 2.05) is 6.07 Å². The highest BCUT2D eigenvalue weighted by molar-refractivity contribution is 6.07. The smallest absolute Gasteiger partial charge is 0.335 e. The number of azo groups is 1. The average Bonchev–Trinajstić information content (AvgIpc) is 2.75. The van der Waals surface area contributed by atoms with E-state index in [0.29, 0.717) is 11.3 Å². The number of amides is 1. The number of para-hydroxylation sites is 1. The molecule has 0 aliphatic carbocycles. The molecule has 0 bridgehead atoms. The summed E-state index contributed by atoms with van der Waals surface area (Å²) in [5.41, 5.74) is 0.882. The van der Waals surface area contributed by atoms with E-state index in [1.165, 1.54) is 18.2 Å². The lowest BCUT2D eigenvalue weighted by molar-refractivity contribution is -0.112. The topological polar surface area (TPSA) is 111 Å². The number of hydrogen-bond acceptors (Lipinski definition) is 5. The Kier molecular flexibility index (Phi) is 6.12. The number of anilines is 1. The third-order valence-corrected chi connectivity index (χ3v) is 3.88. The minimum Gasteiger partial charge on any atom is -0.505 e. The van der Waals surface area contributed by atoms with Crippen LogP contribution in [0.15, 0.2) is 101 Å². The molecule has 1 amide bonds. The number of carbonyl (C=O) groups excluding carboxylic acids is 1. The van der Waals surface area contributed by atoms with Crippen LogP contribution in [-0.2, 0) is 4.79 Å². The van der Waals surface area contributed by atoms with E-state index in [2.05, 4.69) is 15.5 Å². The van der Waals surface area contributed by atoms with Crippen LogP contribution >= 0.6 is 0 Å². The second-order valence-electron chi connectivity index (χ2n) is 5.94. The molecule has 0 atom stereocenters. The highest BCUT2D eigenvalue weighted by Gasteiger charge is 2.17. The molecule has 0 saturated heterocycles. The predicted molar refractivity (Wildman–Crippen MR) is 109 cm³/mol. The van der Waals surface area contributed by atoms with Crippen molar-refractivity contribution in [2.75, 3.05) is 5.32 Å². The van der Waals surface area contributed by atoms with Gasteiger partial charge in [0.05, 0.1) is 11.3 Å². The molecule has 0 saturated carbocycles. The van der Waals surface area contributed by atoms with Gasteiger partial charge in [-0.3, -0.25) is 4.79 Å². The van der Waals surface area contributed by atoms with E-state index in [1.54, 1.807) is 60.7 Å². The minimum atomic E-state index is -1.10. The summed E-state index contributed by atoms with van der Waals surface area (Å²) in [7, 11) is 0. The third kappa shape index (κ3) is 5.14. The molecule has 0 heterocycles. The summed E-state index contributed by atoms with van der Waals surface area (Å²) < 4.78 is 0. The number of carbonyl (C=O) groups is 2. The van der Waals surface area contributed by atoms with Gasteiger partial charge in [0, 0.05) is 11.3 Å². The summed E-state index contributed by atoms with van der Waals surface area (Å²) in [6.45, 7) is 0. The number of aromatic carboxylic acids is 1. The van der Waals surface area contributed by atoms with Gasteiger partial charge in [0.1, 0.15) is 0 Å². The maximum absolute atomic E-state index is 12.7. The molecule has 7 heteroatoms. The minimum absolute atomic E-state index is 0.0352. The Morgan fingerprint density at radius 1 is 0.759 bits per heavy atom. The summed E-state index contributed by atoms with van der Waals surface area (Å²) in [6, 6.07) is 23.0. The van der Waals surface area contributed by atoms with Crippen LogP contribution in [0.1, 0.15) is 15.9 Å². The number of carboxylic acid groups (broad SMARTS) is 1. The quantitative estimate of drug-likeness (QED) is 0.313. The second-order valence-corrected chi connectivity index (χ2v) is 5.94. The van der Waals surface area contributed by atoms with E-state index in [9.17, 15) is 14.7 Å². The summed E-state index contributed by atoms with van der Waals surface area (Å²) in [4.78, 5) is 23.9. The third-order valence-electron chi connectivity index (χ3n) is 3.88. The molecule has 0 aliphatic rings. The van der Waals surface area contributed by atoms with Crippen LogP contribution in [0, 0.1) is 0 Å². The zero-order valence-electron chi connectivity index (χ0n) is 15.2. The van der Waals surface area contributed by atoms with Gasteiger partial charge in [0.2, 0.25) is 0 Å². The Labute approximate surface area is 166 Å². The van der Waals surface area contributed by atoms with Gasteiger partial charge in [-0.05, 0) is 30.3 Å². The highest BCUT2D eigenvalue weighted by Crippen LogP contribution is 2.22. The van der Waals surface area contributed by atoms with Gasteiger partial charge < -0.3 is 15.5 Å². The zero-order chi connectivity index (χ0) is 20.6. The van der Waals surface area contributed by atoms with Crippen molar-refractivity contribution in [3.63, 3.8) is 0 Å². The normalized spacial score (nSPS) is 11.7. The molecule has 0 aromatic heterocycles. The molecule has 0 aliphatic heterocycles. The number of nitrogens with zero attached hydrogens (tertiary/aromatic N) is 2. The van der Waals surface area contributed by atoms with Gasteiger partial charge in [-0.25, -0.2) is 4.79 Å². The number of carboxylic acids is 1. The fourth-order valence-electron chi connectivity index (χ4n) is 2.45. The summed E-state index contributed by atoms with van der Waals surface area (Å²) in [6.07, 6.45) is 0. The average molecular weight is 387 g/mol. The molecule has 7 nitrogen and oxygen atoms in total. The first kappa shape index (κ1) is 19.5. The number of nitrogens with one attached hydrogen (secondary N) is 1. The highest BCUT2D eigenvalue weighted by atomic mass is 16.4. The van der Waals surface area contributed by atoms with E-state index in [4.69, 9.17) is 5.11 Å². The van der Waals surface area contributed by atoms with Crippen LogP contribution in [0.2, 0.25) is 0 Å². The first-order valence-electron chi connectivity index (χ1n) is 8.65. The van der Waals surface area contributed by atoms with Gasteiger partial charge in [0.15, 0.2) is 11.5 Å². The van der Waals surface area contributed by atoms with Gasteiger partial charge >= 0.3 is 5.97 Å². The molecule has 144 valence electrons. The fourth-order valence-corrected chi connectivity index (χ4v) is 2.45. The summed E-state index contributed by atoms with van der Waals surface area (Å²) in [5.74, 6) is -2.11. The molecule has 0 fully saturated rings. The van der Waals surface area contributed by atoms with Gasteiger partial charge in [-0.2, -0.15) is 5.11 Å². The molecular formula is C22H17N3O4. The van der Waals surface area contributed by atoms with E-state index >= 15 is 0 Å². The zero-order valence-corrected chi connectivity index (χ0v) is 15.2.